The summed E-state index contributed by atoms with van der Waals surface area (Å²) in [4.78, 5) is 37.4. The SMILES string of the molecule is Cc1[nH]c(/C=C2\C(=O)Nc3ccc(C=O)cc32)c(C)c1C(=O)O. The maximum Gasteiger partial charge on any atom is 0.337 e. The summed E-state index contributed by atoms with van der Waals surface area (Å²) in [6, 6.07) is 4.93. The van der Waals surface area contributed by atoms with Gasteiger partial charge in [0.25, 0.3) is 5.91 Å². The number of anilines is 1. The van der Waals surface area contributed by atoms with Crippen LogP contribution in [0.25, 0.3) is 11.6 Å². The van der Waals surface area contributed by atoms with Crippen molar-refractivity contribution in [2.24, 2.45) is 0 Å². The molecule has 0 radical (unpaired) electrons. The minimum atomic E-state index is -1.01. The molecular weight excluding hydrogens is 296 g/mol. The monoisotopic (exact) mass is 310 g/mol. The molecule has 1 aliphatic rings. The minimum Gasteiger partial charge on any atom is -0.478 e. The average Bonchev–Trinajstić information content (AvgIpc) is 2.96. The number of aromatic carboxylic acids is 1. The third-order valence-electron chi connectivity index (χ3n) is 3.94. The number of fused-ring (bicyclic) bond motifs is 1. The Morgan fingerprint density at radius 1 is 1.26 bits per heavy atom. The highest BCUT2D eigenvalue weighted by Crippen LogP contribution is 2.34. The van der Waals surface area contributed by atoms with Crippen molar-refractivity contribution in [1.29, 1.82) is 0 Å². The lowest BCUT2D eigenvalue weighted by atomic mass is 10.0. The fourth-order valence-electron chi connectivity index (χ4n) is 2.81. The van der Waals surface area contributed by atoms with Crippen molar-refractivity contribution in [3.05, 3.63) is 51.8 Å². The number of carboxylic acid groups (broad SMARTS) is 1. The van der Waals surface area contributed by atoms with Crippen LogP contribution in [0.4, 0.5) is 5.69 Å². The smallest absolute Gasteiger partial charge is 0.337 e. The van der Waals surface area contributed by atoms with Gasteiger partial charge in [0, 0.05) is 28.2 Å². The van der Waals surface area contributed by atoms with Gasteiger partial charge in [-0.15, -0.1) is 0 Å². The Balaban J connectivity index is 2.15. The van der Waals surface area contributed by atoms with Gasteiger partial charge in [0.15, 0.2) is 0 Å². The van der Waals surface area contributed by atoms with Crippen molar-refractivity contribution in [1.82, 2.24) is 4.98 Å². The molecule has 0 spiro atoms. The van der Waals surface area contributed by atoms with Crippen LogP contribution in [0.2, 0.25) is 0 Å². The molecule has 1 amide bonds. The molecule has 23 heavy (non-hydrogen) atoms. The Bertz CT molecular complexity index is 890. The molecule has 3 rings (SSSR count). The second-order valence-corrected chi connectivity index (χ2v) is 5.40. The Morgan fingerprint density at radius 2 is 2.00 bits per heavy atom. The highest BCUT2D eigenvalue weighted by Gasteiger charge is 2.25. The first-order valence-electron chi connectivity index (χ1n) is 6.97. The molecule has 3 N–H and O–H groups in total. The largest absolute Gasteiger partial charge is 0.478 e. The zero-order valence-corrected chi connectivity index (χ0v) is 12.6. The highest BCUT2D eigenvalue weighted by atomic mass is 16.4. The lowest BCUT2D eigenvalue weighted by Gasteiger charge is -2.00. The highest BCUT2D eigenvalue weighted by molar-refractivity contribution is 6.35. The van der Waals surface area contributed by atoms with Gasteiger partial charge in [0.05, 0.1) is 11.1 Å². The van der Waals surface area contributed by atoms with Crippen molar-refractivity contribution < 1.29 is 19.5 Å². The first kappa shape index (κ1) is 14.8. The molecule has 0 saturated heterocycles. The number of amides is 1. The second kappa shape index (κ2) is 5.24. The topological polar surface area (TPSA) is 99.3 Å². The van der Waals surface area contributed by atoms with Gasteiger partial charge in [-0.25, -0.2) is 4.79 Å². The number of carbonyl (C=O) groups is 3. The van der Waals surface area contributed by atoms with Crippen LogP contribution < -0.4 is 5.32 Å². The van der Waals surface area contributed by atoms with Gasteiger partial charge >= 0.3 is 5.97 Å². The molecule has 0 bridgehead atoms. The van der Waals surface area contributed by atoms with Gasteiger partial charge in [0.2, 0.25) is 0 Å². The van der Waals surface area contributed by atoms with Crippen molar-refractivity contribution in [2.45, 2.75) is 13.8 Å². The van der Waals surface area contributed by atoms with E-state index < -0.39 is 5.97 Å². The number of hydrogen-bond donors (Lipinski definition) is 3. The Labute approximate surface area is 131 Å². The molecule has 0 fully saturated rings. The molecule has 6 nitrogen and oxygen atoms in total. The third-order valence-corrected chi connectivity index (χ3v) is 3.94. The van der Waals surface area contributed by atoms with Crippen LogP contribution in [0.3, 0.4) is 0 Å². The van der Waals surface area contributed by atoms with E-state index in [1.165, 1.54) is 0 Å². The number of aromatic nitrogens is 1. The summed E-state index contributed by atoms with van der Waals surface area (Å²) in [5.41, 5.74) is 3.99. The van der Waals surface area contributed by atoms with Gasteiger partial charge in [-0.3, -0.25) is 9.59 Å². The van der Waals surface area contributed by atoms with E-state index in [0.29, 0.717) is 45.6 Å². The minimum absolute atomic E-state index is 0.206. The number of nitrogens with one attached hydrogen (secondary N) is 2. The maximum atomic E-state index is 12.2. The van der Waals surface area contributed by atoms with Crippen LogP contribution in [0.5, 0.6) is 0 Å². The number of aromatic amines is 1. The summed E-state index contributed by atoms with van der Waals surface area (Å²) in [5, 5.41) is 12.0. The normalized spacial score (nSPS) is 14.7. The van der Waals surface area contributed by atoms with Crippen molar-refractivity contribution >= 4 is 35.5 Å². The molecular formula is C17H14N2O4. The number of carbonyl (C=O) groups excluding carboxylic acids is 2. The predicted octanol–water partition coefficient (Wildman–Crippen LogP) is 2.63. The summed E-state index contributed by atoms with van der Waals surface area (Å²) in [6.07, 6.45) is 2.33. The summed E-state index contributed by atoms with van der Waals surface area (Å²) in [5.74, 6) is -1.30. The molecule has 116 valence electrons. The molecule has 1 aromatic heterocycles. The molecule has 0 saturated carbocycles. The van der Waals surface area contributed by atoms with Crippen LogP contribution in [-0.2, 0) is 4.79 Å². The lowest BCUT2D eigenvalue weighted by Crippen LogP contribution is -2.03. The first-order chi connectivity index (χ1) is 10.9. The first-order valence-corrected chi connectivity index (χ1v) is 6.97. The fraction of sp³-hybridized carbons (Fsp3) is 0.118. The quantitative estimate of drug-likeness (QED) is 0.599. The van der Waals surface area contributed by atoms with Crippen LogP contribution in [0.15, 0.2) is 18.2 Å². The second-order valence-electron chi connectivity index (χ2n) is 5.40. The van der Waals surface area contributed by atoms with Crippen LogP contribution in [-0.4, -0.2) is 28.3 Å². The molecule has 1 aliphatic heterocycles. The number of H-pyrrole nitrogens is 1. The van der Waals surface area contributed by atoms with E-state index in [4.69, 9.17) is 0 Å². The zero-order valence-electron chi connectivity index (χ0n) is 12.6. The number of aryl methyl sites for hydroxylation is 1. The maximum absolute atomic E-state index is 12.2. The Morgan fingerprint density at radius 3 is 2.61 bits per heavy atom. The van der Waals surface area contributed by atoms with Crippen molar-refractivity contribution in [3.63, 3.8) is 0 Å². The van der Waals surface area contributed by atoms with E-state index in [9.17, 15) is 19.5 Å². The van der Waals surface area contributed by atoms with Crippen molar-refractivity contribution in [3.8, 4) is 0 Å². The molecule has 1 aromatic carbocycles. The lowest BCUT2D eigenvalue weighted by molar-refractivity contribution is -0.110. The Hall–Kier alpha value is -3.15. The van der Waals surface area contributed by atoms with E-state index in [1.54, 1.807) is 38.1 Å². The zero-order chi connectivity index (χ0) is 16.7. The molecule has 6 heteroatoms. The summed E-state index contributed by atoms with van der Waals surface area (Å²) < 4.78 is 0. The van der Waals surface area contributed by atoms with E-state index in [-0.39, 0.29) is 11.5 Å². The van der Waals surface area contributed by atoms with Crippen molar-refractivity contribution in [2.75, 3.05) is 5.32 Å². The molecule has 0 unspecified atom stereocenters. The average molecular weight is 310 g/mol. The number of hydrogen-bond acceptors (Lipinski definition) is 3. The van der Waals surface area contributed by atoms with Crippen LogP contribution in [0.1, 0.15) is 43.2 Å². The number of benzene rings is 1. The molecule has 0 atom stereocenters. The fourth-order valence-corrected chi connectivity index (χ4v) is 2.81. The van der Waals surface area contributed by atoms with Gasteiger partial charge in [-0.2, -0.15) is 0 Å². The third kappa shape index (κ3) is 2.34. The van der Waals surface area contributed by atoms with Crippen LogP contribution >= 0.6 is 0 Å². The van der Waals surface area contributed by atoms with Crippen LogP contribution in [0, 0.1) is 13.8 Å². The molecule has 2 heterocycles. The summed E-state index contributed by atoms with van der Waals surface area (Å²) in [7, 11) is 0. The number of rotatable bonds is 3. The standard InChI is InChI=1S/C17H14N2O4/c1-8-14(18-9(2)15(8)17(22)23)6-12-11-5-10(7-20)3-4-13(11)19-16(12)21/h3-7,18H,1-2H3,(H,19,21)(H,22,23)/b12-6-. The number of aldehydes is 1. The Kier molecular flexibility index (Phi) is 3.37. The van der Waals surface area contributed by atoms with E-state index in [1.807, 2.05) is 0 Å². The van der Waals surface area contributed by atoms with E-state index >= 15 is 0 Å². The molecule has 2 aromatic rings. The van der Waals surface area contributed by atoms with E-state index in [0.717, 1.165) is 0 Å². The van der Waals surface area contributed by atoms with Gasteiger partial charge in [0.1, 0.15) is 6.29 Å². The van der Waals surface area contributed by atoms with E-state index in [2.05, 4.69) is 10.3 Å². The van der Waals surface area contributed by atoms with Gasteiger partial charge < -0.3 is 15.4 Å². The molecule has 0 aliphatic carbocycles. The predicted molar refractivity (Wildman–Crippen MR) is 85.6 cm³/mol. The number of carboxylic acids is 1. The summed E-state index contributed by atoms with van der Waals surface area (Å²) >= 11 is 0. The summed E-state index contributed by atoms with van der Waals surface area (Å²) in [6.45, 7) is 3.36. The van der Waals surface area contributed by atoms with Gasteiger partial charge in [-0.1, -0.05) is 0 Å². The van der Waals surface area contributed by atoms with Gasteiger partial charge in [-0.05, 0) is 43.7 Å².